The van der Waals surface area contributed by atoms with E-state index in [9.17, 15) is 8.42 Å². The van der Waals surface area contributed by atoms with E-state index in [1.165, 1.54) is 19.3 Å². The summed E-state index contributed by atoms with van der Waals surface area (Å²) in [7, 11) is -3.41. The van der Waals surface area contributed by atoms with Crippen molar-refractivity contribution in [3.63, 3.8) is 0 Å². The Kier molecular flexibility index (Phi) is 10.6. The van der Waals surface area contributed by atoms with Crippen molar-refractivity contribution in [3.8, 4) is 0 Å². The van der Waals surface area contributed by atoms with E-state index in [1.807, 2.05) is 0 Å². The van der Waals surface area contributed by atoms with Crippen LogP contribution >= 0.6 is 0 Å². The van der Waals surface area contributed by atoms with E-state index in [4.69, 9.17) is 14.6 Å². The number of unbranched alkanes of at least 4 members (excludes halogenated alkanes) is 1. The topological polar surface area (TPSA) is 78.6 Å². The normalized spacial score (nSPS) is 13.7. The van der Waals surface area contributed by atoms with Gasteiger partial charge in [-0.1, -0.05) is 33.1 Å². The van der Waals surface area contributed by atoms with Gasteiger partial charge in [0.15, 0.2) is 0 Å². The van der Waals surface area contributed by atoms with Gasteiger partial charge >= 0.3 is 0 Å². The first-order valence-corrected chi connectivity index (χ1v) is 8.37. The van der Waals surface area contributed by atoms with Crippen molar-refractivity contribution in [1.29, 1.82) is 0 Å². The van der Waals surface area contributed by atoms with Crippen LogP contribution in [-0.4, -0.2) is 40.6 Å². The molecule has 0 aliphatic heterocycles. The molecule has 0 bridgehead atoms. The minimum Gasteiger partial charge on any atom is -0.379 e. The molecule has 5 nitrogen and oxygen atoms in total. The second kappa shape index (κ2) is 10.7. The highest BCUT2D eigenvalue weighted by Gasteiger charge is 2.06. The molecule has 0 rings (SSSR count). The molecular weight excluding hydrogens is 254 g/mol. The summed E-state index contributed by atoms with van der Waals surface area (Å²) < 4.78 is 31.9. The molecule has 0 aliphatic carbocycles. The number of nitrogens with two attached hydrogens (primary N) is 1. The van der Waals surface area contributed by atoms with Gasteiger partial charge in [0.2, 0.25) is 10.0 Å². The molecule has 1 unspecified atom stereocenters. The highest BCUT2D eigenvalue weighted by molar-refractivity contribution is 7.89. The van der Waals surface area contributed by atoms with Crippen LogP contribution in [0.5, 0.6) is 0 Å². The Hall–Kier alpha value is -0.170. The van der Waals surface area contributed by atoms with E-state index >= 15 is 0 Å². The Bertz CT molecular complexity index is 280. The molecule has 0 aromatic heterocycles. The molecule has 110 valence electrons. The number of sulfonamides is 1. The Labute approximate surface area is 111 Å². The van der Waals surface area contributed by atoms with Crippen LogP contribution in [0.3, 0.4) is 0 Å². The summed E-state index contributed by atoms with van der Waals surface area (Å²) in [6, 6.07) is 0. The first-order valence-electron chi connectivity index (χ1n) is 6.65. The lowest BCUT2D eigenvalue weighted by Crippen LogP contribution is -2.21. The Balaban J connectivity index is 3.38. The van der Waals surface area contributed by atoms with Gasteiger partial charge < -0.3 is 9.47 Å². The van der Waals surface area contributed by atoms with Crippen molar-refractivity contribution in [2.24, 2.45) is 11.1 Å². The van der Waals surface area contributed by atoms with Gasteiger partial charge in [0.1, 0.15) is 0 Å². The van der Waals surface area contributed by atoms with Gasteiger partial charge in [-0.05, 0) is 12.3 Å². The number of ether oxygens (including phenoxy) is 2. The monoisotopic (exact) mass is 281 g/mol. The Morgan fingerprint density at radius 1 is 1.11 bits per heavy atom. The zero-order valence-corrected chi connectivity index (χ0v) is 12.4. The fourth-order valence-corrected chi connectivity index (χ4v) is 1.89. The van der Waals surface area contributed by atoms with Crippen LogP contribution in [0.15, 0.2) is 0 Å². The van der Waals surface area contributed by atoms with Crippen molar-refractivity contribution in [2.75, 3.05) is 32.2 Å². The Morgan fingerprint density at radius 2 is 1.78 bits per heavy atom. The average Bonchev–Trinajstić information content (AvgIpc) is 2.30. The van der Waals surface area contributed by atoms with Crippen LogP contribution in [0, 0.1) is 5.92 Å². The number of rotatable bonds is 12. The minimum absolute atomic E-state index is 0.134. The number of hydrogen-bond donors (Lipinski definition) is 1. The first kappa shape index (κ1) is 17.8. The standard InChI is InChI=1S/C12H27NO4S/c1-3-5-6-12(4-2)11-17-8-7-16-9-10-18(13,14)15/h12H,3-11H2,1-2H3,(H2,13,14,15). The van der Waals surface area contributed by atoms with Gasteiger partial charge in [0, 0.05) is 6.61 Å². The van der Waals surface area contributed by atoms with Crippen LogP contribution < -0.4 is 5.14 Å². The average molecular weight is 281 g/mol. The summed E-state index contributed by atoms with van der Waals surface area (Å²) in [4.78, 5) is 0. The largest absolute Gasteiger partial charge is 0.379 e. The second-order valence-electron chi connectivity index (χ2n) is 4.47. The number of hydrogen-bond acceptors (Lipinski definition) is 4. The van der Waals surface area contributed by atoms with Crippen LogP contribution in [0.2, 0.25) is 0 Å². The van der Waals surface area contributed by atoms with E-state index < -0.39 is 10.0 Å². The van der Waals surface area contributed by atoms with Crippen LogP contribution in [0.25, 0.3) is 0 Å². The molecule has 18 heavy (non-hydrogen) atoms. The van der Waals surface area contributed by atoms with Crippen molar-refractivity contribution in [2.45, 2.75) is 39.5 Å². The predicted octanol–water partition coefficient (Wildman–Crippen LogP) is 1.52. The van der Waals surface area contributed by atoms with Gasteiger partial charge in [0.25, 0.3) is 0 Å². The van der Waals surface area contributed by atoms with Crippen molar-refractivity contribution < 1.29 is 17.9 Å². The van der Waals surface area contributed by atoms with E-state index in [1.54, 1.807) is 0 Å². The summed E-state index contributed by atoms with van der Waals surface area (Å²) >= 11 is 0. The molecule has 1 atom stereocenters. The summed E-state index contributed by atoms with van der Waals surface area (Å²) in [6.45, 7) is 6.18. The first-order chi connectivity index (χ1) is 8.49. The zero-order chi connectivity index (χ0) is 13.9. The molecule has 6 heteroatoms. The third-order valence-corrected chi connectivity index (χ3v) is 3.52. The maximum atomic E-state index is 10.6. The SMILES string of the molecule is CCCCC(CC)COCCOCCS(N)(=O)=O. The van der Waals surface area contributed by atoms with E-state index in [0.29, 0.717) is 19.1 Å². The Morgan fingerprint density at radius 3 is 2.33 bits per heavy atom. The maximum Gasteiger partial charge on any atom is 0.211 e. The van der Waals surface area contributed by atoms with E-state index in [-0.39, 0.29) is 12.4 Å². The quantitative estimate of drug-likeness (QED) is 0.550. The van der Waals surface area contributed by atoms with Gasteiger partial charge in [0.05, 0.1) is 25.6 Å². The fourth-order valence-electron chi connectivity index (χ4n) is 1.54. The molecule has 0 amide bonds. The van der Waals surface area contributed by atoms with Crippen molar-refractivity contribution in [3.05, 3.63) is 0 Å². The van der Waals surface area contributed by atoms with Gasteiger partial charge in [-0.2, -0.15) is 0 Å². The molecule has 2 N–H and O–H groups in total. The van der Waals surface area contributed by atoms with Crippen molar-refractivity contribution in [1.82, 2.24) is 0 Å². The molecule has 0 aromatic rings. The van der Waals surface area contributed by atoms with Crippen LogP contribution in [-0.2, 0) is 19.5 Å². The van der Waals surface area contributed by atoms with E-state index in [0.717, 1.165) is 13.0 Å². The molecule has 0 spiro atoms. The lowest BCUT2D eigenvalue weighted by molar-refractivity contribution is 0.0356. The summed E-state index contributed by atoms with van der Waals surface area (Å²) in [6.07, 6.45) is 4.80. The molecule has 0 heterocycles. The lowest BCUT2D eigenvalue weighted by Gasteiger charge is -2.14. The van der Waals surface area contributed by atoms with Gasteiger partial charge in [-0.3, -0.25) is 0 Å². The van der Waals surface area contributed by atoms with Crippen LogP contribution in [0.1, 0.15) is 39.5 Å². The highest BCUT2D eigenvalue weighted by Crippen LogP contribution is 2.12. The zero-order valence-electron chi connectivity index (χ0n) is 11.6. The summed E-state index contributed by atoms with van der Waals surface area (Å²) in [5, 5.41) is 4.84. The molecule has 0 saturated heterocycles. The van der Waals surface area contributed by atoms with Gasteiger partial charge in [-0.15, -0.1) is 0 Å². The third-order valence-electron chi connectivity index (χ3n) is 2.78. The second-order valence-corrected chi connectivity index (χ2v) is 6.20. The molecule has 0 saturated carbocycles. The van der Waals surface area contributed by atoms with Crippen molar-refractivity contribution >= 4 is 10.0 Å². The lowest BCUT2D eigenvalue weighted by atomic mass is 10.0. The molecule has 0 radical (unpaired) electrons. The molecule has 0 fully saturated rings. The third kappa shape index (κ3) is 12.3. The molecule has 0 aromatic carbocycles. The summed E-state index contributed by atoms with van der Waals surface area (Å²) in [5.74, 6) is 0.482. The summed E-state index contributed by atoms with van der Waals surface area (Å²) in [5.41, 5.74) is 0. The van der Waals surface area contributed by atoms with Gasteiger partial charge in [-0.25, -0.2) is 13.6 Å². The fraction of sp³-hybridized carbons (Fsp3) is 1.00. The predicted molar refractivity (Wildman–Crippen MR) is 72.9 cm³/mol. The maximum absolute atomic E-state index is 10.6. The van der Waals surface area contributed by atoms with Crippen LogP contribution in [0.4, 0.5) is 0 Å². The van der Waals surface area contributed by atoms with E-state index in [2.05, 4.69) is 13.8 Å². The number of primary sulfonamides is 1. The highest BCUT2D eigenvalue weighted by atomic mass is 32.2. The molecule has 0 aliphatic rings. The smallest absolute Gasteiger partial charge is 0.211 e. The molecular formula is C12H27NO4S. The minimum atomic E-state index is -3.41.